The van der Waals surface area contributed by atoms with E-state index in [1.807, 2.05) is 0 Å². The molecule has 7 nitrogen and oxygen atoms in total. The number of aliphatic hydroxyl groups is 1. The predicted octanol–water partition coefficient (Wildman–Crippen LogP) is 3.15. The molecule has 11 heteroatoms. The molecule has 1 aromatic heterocycles. The minimum absolute atomic E-state index is 0.0549. The van der Waals surface area contributed by atoms with E-state index in [9.17, 15) is 18.3 Å². The van der Waals surface area contributed by atoms with Crippen LogP contribution in [0.25, 0.3) is 11.3 Å². The highest BCUT2D eigenvalue weighted by atomic mass is 32.2. The lowest BCUT2D eigenvalue weighted by molar-refractivity contribution is -0.150. The Morgan fingerprint density at radius 2 is 1.90 bits per heavy atom. The minimum Gasteiger partial charge on any atom is -0.493 e. The molecular formula is C19H19F3N2O5S. The van der Waals surface area contributed by atoms with Crippen LogP contribution in [-0.4, -0.2) is 59.6 Å². The predicted molar refractivity (Wildman–Crippen MR) is 100 cm³/mol. The Labute approximate surface area is 174 Å². The van der Waals surface area contributed by atoms with Crippen LogP contribution < -0.4 is 9.47 Å². The van der Waals surface area contributed by atoms with Crippen molar-refractivity contribution in [3.8, 4) is 22.8 Å². The summed E-state index contributed by atoms with van der Waals surface area (Å²) in [6.45, 7) is 0.265. The summed E-state index contributed by atoms with van der Waals surface area (Å²) >= 11 is 1.04. The van der Waals surface area contributed by atoms with Gasteiger partial charge >= 0.3 is 6.18 Å². The normalized spacial score (nSPS) is 25.9. The summed E-state index contributed by atoms with van der Waals surface area (Å²) in [5.41, 5.74) is -0.534. The van der Waals surface area contributed by atoms with Gasteiger partial charge < -0.3 is 24.1 Å². The van der Waals surface area contributed by atoms with Crippen molar-refractivity contribution in [2.45, 2.75) is 41.5 Å². The second kappa shape index (κ2) is 8.22. The van der Waals surface area contributed by atoms with E-state index in [1.54, 1.807) is 18.2 Å². The van der Waals surface area contributed by atoms with Crippen molar-refractivity contribution in [1.82, 2.24) is 9.97 Å². The lowest BCUT2D eigenvalue weighted by Gasteiger charge is -2.30. The maximum Gasteiger partial charge on any atom is 0.433 e. The molecule has 0 amide bonds. The maximum absolute atomic E-state index is 13.5. The molecule has 0 spiro atoms. The molecule has 3 heterocycles. The van der Waals surface area contributed by atoms with Crippen LogP contribution in [0.4, 0.5) is 13.2 Å². The Morgan fingerprint density at radius 1 is 1.13 bits per heavy atom. The number of rotatable bonds is 5. The zero-order valence-electron chi connectivity index (χ0n) is 16.0. The largest absolute Gasteiger partial charge is 0.493 e. The molecule has 2 aliphatic rings. The molecule has 2 bridgehead atoms. The fourth-order valence-corrected chi connectivity index (χ4v) is 4.52. The minimum atomic E-state index is -4.65. The van der Waals surface area contributed by atoms with Crippen LogP contribution in [0, 0.1) is 0 Å². The van der Waals surface area contributed by atoms with Gasteiger partial charge in [-0.15, -0.1) is 0 Å². The van der Waals surface area contributed by atoms with Crippen molar-refractivity contribution in [1.29, 1.82) is 0 Å². The number of alkyl halides is 3. The van der Waals surface area contributed by atoms with Crippen LogP contribution in [0.1, 0.15) is 12.1 Å². The first-order chi connectivity index (χ1) is 14.3. The Balaban J connectivity index is 1.70. The van der Waals surface area contributed by atoms with E-state index in [-0.39, 0.29) is 28.8 Å². The second-order valence-corrected chi connectivity index (χ2v) is 8.03. The Hall–Kier alpha value is -2.08. The first-order valence-electron chi connectivity index (χ1n) is 9.09. The number of aliphatic hydroxyl groups excluding tert-OH is 1. The van der Waals surface area contributed by atoms with Crippen LogP contribution in [-0.2, 0) is 15.7 Å². The zero-order valence-corrected chi connectivity index (χ0v) is 16.9. The van der Waals surface area contributed by atoms with Crippen LogP contribution in [0.5, 0.6) is 11.5 Å². The molecule has 2 aliphatic heterocycles. The number of fused-ring (bicyclic) bond motifs is 2. The molecular weight excluding hydrogens is 425 g/mol. The van der Waals surface area contributed by atoms with Gasteiger partial charge in [0, 0.05) is 10.8 Å². The number of thioether (sulfide) groups is 1. The van der Waals surface area contributed by atoms with Crippen molar-refractivity contribution in [3.05, 3.63) is 30.0 Å². The van der Waals surface area contributed by atoms with Gasteiger partial charge in [0.05, 0.1) is 32.6 Å². The van der Waals surface area contributed by atoms with Crippen LogP contribution in [0.15, 0.2) is 29.4 Å². The molecule has 4 rings (SSSR count). The number of benzene rings is 1. The van der Waals surface area contributed by atoms with Gasteiger partial charge in [-0.05, 0) is 30.7 Å². The highest BCUT2D eigenvalue weighted by Gasteiger charge is 2.44. The van der Waals surface area contributed by atoms with Crippen LogP contribution in [0.2, 0.25) is 0 Å². The van der Waals surface area contributed by atoms with Crippen LogP contribution in [0.3, 0.4) is 0 Å². The standard InChI is InChI=1S/C19H19F3N2O5S/c1-26-12-4-3-9(5-13(12)27-2)10-6-16(19(20,21)22)24-18(23-10)30-15-7-11(25)17-28-8-14(15)29-17/h3-6,11,14-15,17,25H,7-8H2,1-2H3/t11-,14+,15-,17-/m0/s1. The van der Waals surface area contributed by atoms with E-state index >= 15 is 0 Å². The molecule has 2 fully saturated rings. The lowest BCUT2D eigenvalue weighted by atomic mass is 10.1. The van der Waals surface area contributed by atoms with Crippen molar-refractivity contribution in [3.63, 3.8) is 0 Å². The molecule has 162 valence electrons. The summed E-state index contributed by atoms with van der Waals surface area (Å²) < 4.78 is 61.8. The summed E-state index contributed by atoms with van der Waals surface area (Å²) in [6.07, 6.45) is -6.21. The quantitative estimate of drug-likeness (QED) is 0.705. The first-order valence-corrected chi connectivity index (χ1v) is 9.97. The van der Waals surface area contributed by atoms with E-state index in [0.29, 0.717) is 23.5 Å². The zero-order chi connectivity index (χ0) is 21.5. The fraction of sp³-hybridized carbons (Fsp3) is 0.474. The van der Waals surface area contributed by atoms with Gasteiger partial charge in [0.25, 0.3) is 0 Å². The summed E-state index contributed by atoms with van der Waals surface area (Å²) in [4.78, 5) is 8.03. The third kappa shape index (κ3) is 4.20. The topological polar surface area (TPSA) is 82.9 Å². The van der Waals surface area contributed by atoms with E-state index in [4.69, 9.17) is 18.9 Å². The van der Waals surface area contributed by atoms with E-state index < -0.39 is 24.3 Å². The van der Waals surface area contributed by atoms with Crippen molar-refractivity contribution < 1.29 is 37.2 Å². The molecule has 2 saturated heterocycles. The first kappa shape index (κ1) is 21.2. The number of halogens is 3. The molecule has 0 aliphatic carbocycles. The molecule has 0 unspecified atom stereocenters. The SMILES string of the molecule is COc1ccc(-c2cc(C(F)(F)F)nc(S[C@H]3C[C@H](O)[C@H]4OC[C@H]3O4)n2)cc1OC. The summed E-state index contributed by atoms with van der Waals surface area (Å²) in [6, 6.07) is 5.64. The van der Waals surface area contributed by atoms with Gasteiger partial charge in [-0.2, -0.15) is 13.2 Å². The maximum atomic E-state index is 13.5. The molecule has 1 N–H and O–H groups in total. The third-order valence-corrected chi connectivity index (χ3v) is 6.06. The number of hydrogen-bond acceptors (Lipinski definition) is 8. The molecule has 0 saturated carbocycles. The molecule has 0 radical (unpaired) electrons. The highest BCUT2D eigenvalue weighted by Crippen LogP contribution is 2.40. The monoisotopic (exact) mass is 444 g/mol. The highest BCUT2D eigenvalue weighted by molar-refractivity contribution is 7.99. The number of ether oxygens (including phenoxy) is 4. The van der Waals surface area contributed by atoms with Gasteiger partial charge in [-0.1, -0.05) is 11.8 Å². The van der Waals surface area contributed by atoms with E-state index in [0.717, 1.165) is 17.8 Å². The Bertz CT molecular complexity index is 930. The number of aromatic nitrogens is 2. The average Bonchev–Trinajstić information content (AvgIpc) is 3.17. The summed E-state index contributed by atoms with van der Waals surface area (Å²) in [5, 5.41) is 9.67. The van der Waals surface area contributed by atoms with Crippen LogP contribution >= 0.6 is 11.8 Å². The third-order valence-electron chi connectivity index (χ3n) is 4.87. The van der Waals surface area contributed by atoms with Gasteiger partial charge in [-0.3, -0.25) is 0 Å². The smallest absolute Gasteiger partial charge is 0.433 e. The van der Waals surface area contributed by atoms with E-state index in [2.05, 4.69) is 9.97 Å². The Kier molecular flexibility index (Phi) is 5.80. The van der Waals surface area contributed by atoms with Gasteiger partial charge in [0.15, 0.2) is 22.9 Å². The average molecular weight is 444 g/mol. The summed E-state index contributed by atoms with van der Waals surface area (Å²) in [7, 11) is 2.91. The Morgan fingerprint density at radius 3 is 2.60 bits per heavy atom. The van der Waals surface area contributed by atoms with Gasteiger partial charge in [0.2, 0.25) is 0 Å². The second-order valence-electron chi connectivity index (χ2n) is 6.82. The number of nitrogens with zero attached hydrogens (tertiary/aromatic N) is 2. The molecule has 4 atom stereocenters. The number of hydrogen-bond donors (Lipinski definition) is 1. The van der Waals surface area contributed by atoms with E-state index in [1.165, 1.54) is 14.2 Å². The van der Waals surface area contributed by atoms with Crippen molar-refractivity contribution in [2.75, 3.05) is 20.8 Å². The van der Waals surface area contributed by atoms with Gasteiger partial charge in [0.1, 0.15) is 11.8 Å². The fourth-order valence-electron chi connectivity index (χ4n) is 3.36. The van der Waals surface area contributed by atoms with Crippen molar-refractivity contribution in [2.24, 2.45) is 0 Å². The number of methoxy groups -OCH3 is 2. The van der Waals surface area contributed by atoms with Gasteiger partial charge in [-0.25, -0.2) is 9.97 Å². The molecule has 2 aromatic rings. The van der Waals surface area contributed by atoms with Crippen molar-refractivity contribution >= 4 is 11.8 Å². The molecule has 30 heavy (non-hydrogen) atoms. The lowest BCUT2D eigenvalue weighted by Crippen LogP contribution is -2.40. The summed E-state index contributed by atoms with van der Waals surface area (Å²) in [5.74, 6) is 0.819. The molecule has 1 aromatic carbocycles.